The van der Waals surface area contributed by atoms with Crippen molar-refractivity contribution >= 4 is 32.3 Å². The van der Waals surface area contributed by atoms with Crippen molar-refractivity contribution in [2.75, 3.05) is 0 Å². The summed E-state index contributed by atoms with van der Waals surface area (Å²) in [6.45, 7) is 0. The highest BCUT2D eigenvalue weighted by molar-refractivity contribution is 6.25. The minimum Gasteiger partial charge on any atom is -0.269 e. The predicted molar refractivity (Wildman–Crippen MR) is 81.5 cm³/mol. The Labute approximate surface area is 110 Å². The lowest BCUT2D eigenvalue weighted by Crippen LogP contribution is -1.81. The topological polar surface area (TPSA) is 0 Å². The lowest BCUT2D eigenvalue weighted by Gasteiger charge is -2.09. The van der Waals surface area contributed by atoms with Crippen LogP contribution in [0.4, 0.5) is 4.70 Å². The SMILES string of the molecule is F.c1ccc2c(c1)c1ccccc1c1ccccc21. The zero-order chi connectivity index (χ0) is 11.9. The Balaban J connectivity index is 0.00000110. The van der Waals surface area contributed by atoms with Crippen LogP contribution in [0.15, 0.2) is 72.8 Å². The normalized spacial score (nSPS) is 10.7. The minimum atomic E-state index is 0. The zero-order valence-corrected chi connectivity index (χ0v) is 10.3. The third-order valence-electron chi connectivity index (χ3n) is 3.65. The number of fused-ring (bicyclic) bond motifs is 6. The summed E-state index contributed by atoms with van der Waals surface area (Å²) in [4.78, 5) is 0. The summed E-state index contributed by atoms with van der Waals surface area (Å²) in [6, 6.07) is 26.0. The lowest BCUT2D eigenvalue weighted by atomic mass is 9.95. The van der Waals surface area contributed by atoms with Crippen LogP contribution in [-0.2, 0) is 0 Å². The van der Waals surface area contributed by atoms with Gasteiger partial charge in [0.1, 0.15) is 0 Å². The van der Waals surface area contributed by atoms with Gasteiger partial charge in [-0.3, -0.25) is 4.70 Å². The van der Waals surface area contributed by atoms with Gasteiger partial charge < -0.3 is 0 Å². The Morgan fingerprint density at radius 3 is 0.632 bits per heavy atom. The van der Waals surface area contributed by atoms with E-state index in [0.717, 1.165) is 0 Å². The highest BCUT2D eigenvalue weighted by atomic mass is 19.0. The second-order valence-electron chi connectivity index (χ2n) is 4.64. The average molecular weight is 248 g/mol. The van der Waals surface area contributed by atoms with Crippen molar-refractivity contribution < 1.29 is 4.70 Å². The van der Waals surface area contributed by atoms with E-state index in [0.29, 0.717) is 0 Å². The van der Waals surface area contributed by atoms with Gasteiger partial charge in [0.15, 0.2) is 0 Å². The highest BCUT2D eigenvalue weighted by Crippen LogP contribution is 2.34. The van der Waals surface area contributed by atoms with Gasteiger partial charge in [0, 0.05) is 0 Å². The molecule has 4 aromatic rings. The molecule has 0 amide bonds. The Morgan fingerprint density at radius 2 is 0.474 bits per heavy atom. The Hall–Kier alpha value is -2.41. The molecule has 4 rings (SSSR count). The summed E-state index contributed by atoms with van der Waals surface area (Å²) in [5, 5.41) is 8.04. The molecule has 0 nitrogen and oxygen atoms in total. The molecule has 0 aromatic heterocycles. The van der Waals surface area contributed by atoms with E-state index in [2.05, 4.69) is 72.8 Å². The summed E-state index contributed by atoms with van der Waals surface area (Å²) in [5.41, 5.74) is 0. The van der Waals surface area contributed by atoms with E-state index >= 15 is 0 Å². The van der Waals surface area contributed by atoms with Crippen molar-refractivity contribution in [1.29, 1.82) is 0 Å². The van der Waals surface area contributed by atoms with E-state index in [1.165, 1.54) is 32.3 Å². The van der Waals surface area contributed by atoms with Gasteiger partial charge in [0.2, 0.25) is 0 Å². The van der Waals surface area contributed by atoms with Gasteiger partial charge in [-0.05, 0) is 32.3 Å². The first-order valence-electron chi connectivity index (χ1n) is 6.23. The number of hydrogen-bond acceptors (Lipinski definition) is 0. The maximum atomic E-state index is 2.21. The molecule has 4 aromatic carbocycles. The molecule has 0 N–H and O–H groups in total. The molecule has 0 saturated carbocycles. The zero-order valence-electron chi connectivity index (χ0n) is 10.3. The fourth-order valence-electron chi connectivity index (χ4n) is 2.86. The third kappa shape index (κ3) is 1.59. The fourth-order valence-corrected chi connectivity index (χ4v) is 2.86. The van der Waals surface area contributed by atoms with E-state index in [9.17, 15) is 0 Å². The van der Waals surface area contributed by atoms with Gasteiger partial charge in [0.05, 0.1) is 0 Å². The van der Waals surface area contributed by atoms with Crippen LogP contribution in [0.5, 0.6) is 0 Å². The van der Waals surface area contributed by atoms with Crippen LogP contribution in [0.1, 0.15) is 0 Å². The molecule has 0 bridgehead atoms. The van der Waals surface area contributed by atoms with Crippen molar-refractivity contribution in [2.45, 2.75) is 0 Å². The molecule has 1 heteroatoms. The number of halogens is 1. The van der Waals surface area contributed by atoms with Crippen molar-refractivity contribution in [3.05, 3.63) is 72.8 Å². The second kappa shape index (κ2) is 4.36. The second-order valence-corrected chi connectivity index (χ2v) is 4.64. The molecule has 0 spiro atoms. The number of benzene rings is 4. The lowest BCUT2D eigenvalue weighted by molar-refractivity contribution is 1.11. The summed E-state index contributed by atoms with van der Waals surface area (Å²) in [6.07, 6.45) is 0. The van der Waals surface area contributed by atoms with E-state index in [1.807, 2.05) is 0 Å². The first-order chi connectivity index (χ1) is 8.95. The van der Waals surface area contributed by atoms with Crippen LogP contribution in [0.3, 0.4) is 0 Å². The summed E-state index contributed by atoms with van der Waals surface area (Å²) in [7, 11) is 0. The summed E-state index contributed by atoms with van der Waals surface area (Å²) >= 11 is 0. The van der Waals surface area contributed by atoms with Crippen molar-refractivity contribution in [3.63, 3.8) is 0 Å². The third-order valence-corrected chi connectivity index (χ3v) is 3.65. The molecule has 0 radical (unpaired) electrons. The van der Waals surface area contributed by atoms with Gasteiger partial charge in [-0.15, -0.1) is 0 Å². The van der Waals surface area contributed by atoms with Crippen LogP contribution in [0, 0.1) is 0 Å². The van der Waals surface area contributed by atoms with E-state index in [4.69, 9.17) is 0 Å². The first kappa shape index (κ1) is 11.7. The van der Waals surface area contributed by atoms with Crippen molar-refractivity contribution in [1.82, 2.24) is 0 Å². The number of hydrogen-bond donors (Lipinski definition) is 0. The average Bonchev–Trinajstić information content (AvgIpc) is 2.48. The summed E-state index contributed by atoms with van der Waals surface area (Å²) < 4.78 is 0. The molecule has 92 valence electrons. The summed E-state index contributed by atoms with van der Waals surface area (Å²) in [5.74, 6) is 0. The van der Waals surface area contributed by atoms with E-state index in [1.54, 1.807) is 0 Å². The quantitative estimate of drug-likeness (QED) is 0.370. The van der Waals surface area contributed by atoms with Gasteiger partial charge in [0.25, 0.3) is 0 Å². The molecule has 0 aliphatic heterocycles. The highest BCUT2D eigenvalue weighted by Gasteiger charge is 2.06. The smallest absolute Gasteiger partial charge is 0.00990 e. The van der Waals surface area contributed by atoms with Crippen LogP contribution in [0.25, 0.3) is 32.3 Å². The van der Waals surface area contributed by atoms with Crippen molar-refractivity contribution in [2.24, 2.45) is 0 Å². The first-order valence-corrected chi connectivity index (χ1v) is 6.23. The standard InChI is InChI=1S/C18H12.FH/c1-2-8-14-13(7-1)15-9-3-4-11-17(15)18-12-6-5-10-16(14)18;/h1-12H;1H. The molecular formula is C18H13F. The molecule has 0 unspecified atom stereocenters. The van der Waals surface area contributed by atoms with Crippen molar-refractivity contribution in [3.8, 4) is 0 Å². The predicted octanol–water partition coefficient (Wildman–Crippen LogP) is 5.30. The Bertz CT molecular complexity index is 657. The van der Waals surface area contributed by atoms with Crippen LogP contribution >= 0.6 is 0 Å². The maximum Gasteiger partial charge on any atom is -0.00990 e. The van der Waals surface area contributed by atoms with Gasteiger partial charge in [-0.1, -0.05) is 72.8 Å². The molecule has 0 aliphatic rings. The molecule has 0 atom stereocenters. The maximum absolute atomic E-state index is 2.21. The Morgan fingerprint density at radius 1 is 0.316 bits per heavy atom. The molecule has 0 heterocycles. The van der Waals surface area contributed by atoms with Gasteiger partial charge in [-0.2, -0.15) is 0 Å². The van der Waals surface area contributed by atoms with E-state index in [-0.39, 0.29) is 4.70 Å². The molecule has 0 fully saturated rings. The van der Waals surface area contributed by atoms with Crippen LogP contribution < -0.4 is 0 Å². The largest absolute Gasteiger partial charge is 0.269 e. The molecular weight excluding hydrogens is 235 g/mol. The monoisotopic (exact) mass is 248 g/mol. The molecule has 0 saturated heterocycles. The van der Waals surface area contributed by atoms with Crippen LogP contribution in [-0.4, -0.2) is 0 Å². The number of rotatable bonds is 0. The van der Waals surface area contributed by atoms with Gasteiger partial charge >= 0.3 is 0 Å². The van der Waals surface area contributed by atoms with Gasteiger partial charge in [-0.25, -0.2) is 0 Å². The minimum absolute atomic E-state index is 0. The fraction of sp³-hybridized carbons (Fsp3) is 0. The molecule has 0 aliphatic carbocycles. The van der Waals surface area contributed by atoms with E-state index < -0.39 is 0 Å². The Kier molecular flexibility index (Phi) is 2.68. The molecule has 19 heavy (non-hydrogen) atoms. The van der Waals surface area contributed by atoms with Crippen LogP contribution in [0.2, 0.25) is 0 Å².